The van der Waals surface area contributed by atoms with Crippen molar-refractivity contribution >= 4 is 5.91 Å². The van der Waals surface area contributed by atoms with E-state index in [0.717, 1.165) is 37.2 Å². The van der Waals surface area contributed by atoms with E-state index in [9.17, 15) is 4.79 Å². The Morgan fingerprint density at radius 1 is 1.30 bits per heavy atom. The van der Waals surface area contributed by atoms with Gasteiger partial charge in [-0.1, -0.05) is 17.7 Å². The lowest BCUT2D eigenvalue weighted by molar-refractivity contribution is -0.124. The predicted molar refractivity (Wildman–Crippen MR) is 90.8 cm³/mol. The van der Waals surface area contributed by atoms with Gasteiger partial charge in [0.1, 0.15) is 5.75 Å². The lowest BCUT2D eigenvalue weighted by Crippen LogP contribution is -2.47. The van der Waals surface area contributed by atoms with Crippen molar-refractivity contribution in [2.24, 2.45) is 5.41 Å². The van der Waals surface area contributed by atoms with Gasteiger partial charge in [0, 0.05) is 19.1 Å². The Hall–Kier alpha value is -1.59. The summed E-state index contributed by atoms with van der Waals surface area (Å²) in [6.07, 6.45) is 2.03. The van der Waals surface area contributed by atoms with Gasteiger partial charge in [-0.25, -0.2) is 0 Å². The number of carbonyl (C=O) groups is 1. The number of nitrogens with one attached hydrogen (secondary N) is 2. The molecule has 1 amide bonds. The highest BCUT2D eigenvalue weighted by Gasteiger charge is 2.32. The maximum atomic E-state index is 12.1. The SMILES string of the molecule is COCC1(CNC(=O)COc2ccc(C)cc2C)CCNCC1. The second-order valence-corrected chi connectivity index (χ2v) is 6.52. The standard InChI is InChI=1S/C18H28N2O3/c1-14-4-5-16(15(2)10-14)23-11-17(21)20-12-18(13-22-3)6-8-19-9-7-18/h4-5,10,19H,6-9,11-13H2,1-3H3,(H,20,21). The van der Waals surface area contributed by atoms with Gasteiger partial charge in [-0.3, -0.25) is 4.79 Å². The van der Waals surface area contributed by atoms with E-state index in [1.54, 1.807) is 7.11 Å². The number of benzene rings is 1. The lowest BCUT2D eigenvalue weighted by Gasteiger charge is -2.37. The van der Waals surface area contributed by atoms with Crippen LogP contribution in [0.25, 0.3) is 0 Å². The average Bonchev–Trinajstić information content (AvgIpc) is 2.53. The summed E-state index contributed by atoms with van der Waals surface area (Å²) in [6.45, 7) is 7.33. The van der Waals surface area contributed by atoms with Gasteiger partial charge in [-0.15, -0.1) is 0 Å². The molecule has 0 saturated carbocycles. The maximum Gasteiger partial charge on any atom is 0.257 e. The lowest BCUT2D eigenvalue weighted by atomic mass is 9.79. The highest BCUT2D eigenvalue weighted by molar-refractivity contribution is 5.77. The first-order valence-corrected chi connectivity index (χ1v) is 8.21. The molecule has 1 aromatic carbocycles. The molecule has 1 heterocycles. The number of amides is 1. The van der Waals surface area contributed by atoms with Crippen LogP contribution in [0.3, 0.4) is 0 Å². The molecule has 128 valence electrons. The topological polar surface area (TPSA) is 59.6 Å². The van der Waals surface area contributed by atoms with Crippen molar-refractivity contribution < 1.29 is 14.3 Å². The molecule has 0 unspecified atom stereocenters. The Morgan fingerprint density at radius 3 is 2.70 bits per heavy atom. The minimum Gasteiger partial charge on any atom is -0.484 e. The van der Waals surface area contributed by atoms with Crippen LogP contribution >= 0.6 is 0 Å². The van der Waals surface area contributed by atoms with E-state index in [4.69, 9.17) is 9.47 Å². The molecule has 0 bridgehead atoms. The monoisotopic (exact) mass is 320 g/mol. The quantitative estimate of drug-likeness (QED) is 0.804. The van der Waals surface area contributed by atoms with Gasteiger partial charge in [-0.05, 0) is 51.4 Å². The van der Waals surface area contributed by atoms with Crippen molar-refractivity contribution in [3.8, 4) is 5.75 Å². The molecule has 1 aliphatic rings. The molecule has 2 N–H and O–H groups in total. The zero-order valence-electron chi connectivity index (χ0n) is 14.4. The maximum absolute atomic E-state index is 12.1. The van der Waals surface area contributed by atoms with Gasteiger partial charge in [0.2, 0.25) is 0 Å². The van der Waals surface area contributed by atoms with Crippen molar-refractivity contribution in [3.05, 3.63) is 29.3 Å². The number of hydrogen-bond acceptors (Lipinski definition) is 4. The van der Waals surface area contributed by atoms with Crippen LogP contribution in [0, 0.1) is 19.3 Å². The first-order chi connectivity index (χ1) is 11.0. The molecular formula is C18H28N2O3. The third-order valence-corrected chi connectivity index (χ3v) is 4.46. The molecule has 1 aliphatic heterocycles. The fraction of sp³-hybridized carbons (Fsp3) is 0.611. The molecule has 1 saturated heterocycles. The van der Waals surface area contributed by atoms with Gasteiger partial charge in [0.05, 0.1) is 6.61 Å². The second kappa shape index (κ2) is 8.31. The van der Waals surface area contributed by atoms with Crippen LogP contribution in [0.15, 0.2) is 18.2 Å². The van der Waals surface area contributed by atoms with E-state index < -0.39 is 0 Å². The minimum absolute atomic E-state index is 0.0371. The number of rotatable bonds is 7. The Bertz CT molecular complexity index is 519. The van der Waals surface area contributed by atoms with E-state index >= 15 is 0 Å². The second-order valence-electron chi connectivity index (χ2n) is 6.52. The molecule has 1 fully saturated rings. The minimum atomic E-state index is -0.0843. The summed E-state index contributed by atoms with van der Waals surface area (Å²) in [6, 6.07) is 5.95. The van der Waals surface area contributed by atoms with Gasteiger partial charge in [0.25, 0.3) is 5.91 Å². The van der Waals surface area contributed by atoms with Crippen LogP contribution in [-0.2, 0) is 9.53 Å². The molecular weight excluding hydrogens is 292 g/mol. The predicted octanol–water partition coefficient (Wildman–Crippen LogP) is 1.81. The third-order valence-electron chi connectivity index (χ3n) is 4.46. The summed E-state index contributed by atoms with van der Waals surface area (Å²) >= 11 is 0. The molecule has 0 atom stereocenters. The van der Waals surface area contributed by atoms with E-state index in [0.29, 0.717) is 13.2 Å². The van der Waals surface area contributed by atoms with Gasteiger partial charge in [0.15, 0.2) is 6.61 Å². The first-order valence-electron chi connectivity index (χ1n) is 8.21. The van der Waals surface area contributed by atoms with Crippen molar-refractivity contribution in [3.63, 3.8) is 0 Å². The smallest absolute Gasteiger partial charge is 0.257 e. The zero-order chi connectivity index (χ0) is 16.7. The van der Waals surface area contributed by atoms with Crippen LogP contribution in [-0.4, -0.2) is 45.9 Å². The van der Waals surface area contributed by atoms with Gasteiger partial charge >= 0.3 is 0 Å². The molecule has 5 heteroatoms. The van der Waals surface area contributed by atoms with E-state index in [1.165, 1.54) is 5.56 Å². The van der Waals surface area contributed by atoms with Crippen molar-refractivity contribution in [1.82, 2.24) is 10.6 Å². The Balaban J connectivity index is 1.81. The molecule has 0 aromatic heterocycles. The summed E-state index contributed by atoms with van der Waals surface area (Å²) in [5.74, 6) is 0.679. The molecule has 0 aliphatic carbocycles. The summed E-state index contributed by atoms with van der Waals surface area (Å²) in [5.41, 5.74) is 2.27. The summed E-state index contributed by atoms with van der Waals surface area (Å²) in [5, 5.41) is 6.36. The Kier molecular flexibility index (Phi) is 6.42. The number of piperidine rings is 1. The van der Waals surface area contributed by atoms with Crippen LogP contribution in [0.2, 0.25) is 0 Å². The Morgan fingerprint density at radius 2 is 2.04 bits per heavy atom. The number of ether oxygens (including phenoxy) is 2. The zero-order valence-corrected chi connectivity index (χ0v) is 14.4. The van der Waals surface area contributed by atoms with Crippen molar-refractivity contribution in [2.75, 3.05) is 40.0 Å². The van der Waals surface area contributed by atoms with Crippen LogP contribution in [0.4, 0.5) is 0 Å². The fourth-order valence-corrected chi connectivity index (χ4v) is 3.08. The van der Waals surface area contributed by atoms with Crippen LogP contribution in [0.5, 0.6) is 5.75 Å². The van der Waals surface area contributed by atoms with E-state index in [-0.39, 0.29) is 17.9 Å². The van der Waals surface area contributed by atoms with Crippen LogP contribution in [0.1, 0.15) is 24.0 Å². The summed E-state index contributed by atoms with van der Waals surface area (Å²) in [7, 11) is 1.72. The van der Waals surface area contributed by atoms with Crippen molar-refractivity contribution in [2.45, 2.75) is 26.7 Å². The largest absolute Gasteiger partial charge is 0.484 e. The van der Waals surface area contributed by atoms with Crippen molar-refractivity contribution in [1.29, 1.82) is 0 Å². The Labute approximate surface area is 138 Å². The van der Waals surface area contributed by atoms with Crippen LogP contribution < -0.4 is 15.4 Å². The number of carbonyl (C=O) groups excluding carboxylic acids is 1. The highest BCUT2D eigenvalue weighted by Crippen LogP contribution is 2.28. The number of hydrogen-bond donors (Lipinski definition) is 2. The molecule has 1 aromatic rings. The van der Waals surface area contributed by atoms with Gasteiger partial charge < -0.3 is 20.1 Å². The molecule has 23 heavy (non-hydrogen) atoms. The number of aryl methyl sites for hydroxylation is 2. The summed E-state index contributed by atoms with van der Waals surface area (Å²) in [4.78, 5) is 12.1. The summed E-state index contributed by atoms with van der Waals surface area (Å²) < 4.78 is 11.0. The highest BCUT2D eigenvalue weighted by atomic mass is 16.5. The molecule has 5 nitrogen and oxygen atoms in total. The molecule has 2 rings (SSSR count). The first kappa shape index (κ1) is 17.8. The normalized spacial score (nSPS) is 16.8. The van der Waals surface area contributed by atoms with E-state index in [1.807, 2.05) is 26.0 Å². The van der Waals surface area contributed by atoms with E-state index in [2.05, 4.69) is 16.7 Å². The molecule has 0 radical (unpaired) electrons. The fourth-order valence-electron chi connectivity index (χ4n) is 3.08. The molecule has 0 spiro atoms. The van der Waals surface area contributed by atoms with Gasteiger partial charge in [-0.2, -0.15) is 0 Å². The number of methoxy groups -OCH3 is 1. The average molecular weight is 320 g/mol. The third kappa shape index (κ3) is 5.22.